The Morgan fingerprint density at radius 3 is 2.62 bits per heavy atom. The Morgan fingerprint density at radius 2 is 1.83 bits per heavy atom. The largest absolute Gasteiger partial charge is 0.361 e. The first-order valence-electron chi connectivity index (χ1n) is 9.17. The van der Waals surface area contributed by atoms with E-state index in [0.717, 1.165) is 43.5 Å². The molecule has 2 aromatic heterocycles. The Labute approximate surface area is 177 Å². The molecule has 1 aliphatic heterocycles. The maximum atomic E-state index is 13.3. The van der Waals surface area contributed by atoms with Gasteiger partial charge in [-0.1, -0.05) is 23.8 Å². The van der Waals surface area contributed by atoms with Gasteiger partial charge in [-0.25, -0.2) is 8.42 Å². The van der Waals surface area contributed by atoms with E-state index in [-0.39, 0.29) is 11.4 Å². The second-order valence-electron chi connectivity index (χ2n) is 7.20. The molecule has 0 amide bonds. The minimum Gasteiger partial charge on any atom is -0.361 e. The highest BCUT2D eigenvalue weighted by Crippen LogP contribution is 2.36. The number of aromatic nitrogens is 2. The average molecular weight is 468 g/mol. The molecule has 4 aromatic rings. The van der Waals surface area contributed by atoms with Crippen LogP contribution in [0.5, 0.6) is 0 Å². The second-order valence-corrected chi connectivity index (χ2v) is 9.95. The zero-order valence-electron chi connectivity index (χ0n) is 15.6. The van der Waals surface area contributed by atoms with Gasteiger partial charge in [-0.15, -0.1) is 0 Å². The summed E-state index contributed by atoms with van der Waals surface area (Å²) in [5, 5.41) is 1.08. The van der Waals surface area contributed by atoms with Crippen molar-refractivity contribution in [2.24, 2.45) is 0 Å². The van der Waals surface area contributed by atoms with Crippen molar-refractivity contribution in [1.82, 2.24) is 14.3 Å². The predicted octanol–water partition coefficient (Wildman–Crippen LogP) is 5.16. The number of nitrogens with one attached hydrogen (secondary N) is 2. The molecule has 0 unspecified atom stereocenters. The minimum atomic E-state index is -3.66. The molecule has 1 aliphatic rings. The van der Waals surface area contributed by atoms with E-state index in [9.17, 15) is 8.42 Å². The lowest BCUT2D eigenvalue weighted by atomic mass is 9.98. The van der Waals surface area contributed by atoms with Crippen molar-refractivity contribution in [2.75, 3.05) is 0 Å². The third-order valence-corrected chi connectivity index (χ3v) is 7.37. The molecule has 7 heteroatoms. The number of hydrogen-bond donors (Lipinski definition) is 2. The SMILES string of the molecule is Cc1ccc(S(=O)(=O)N2C=C(c3ccc4[nH]ccc4c3)c3[nH]c(Br)cc3C2)cc1. The highest BCUT2D eigenvalue weighted by Gasteiger charge is 2.29. The van der Waals surface area contributed by atoms with Crippen molar-refractivity contribution < 1.29 is 8.42 Å². The molecule has 0 saturated heterocycles. The lowest BCUT2D eigenvalue weighted by Gasteiger charge is -2.27. The Hall–Kier alpha value is -2.77. The third kappa shape index (κ3) is 3.10. The first-order valence-corrected chi connectivity index (χ1v) is 11.4. The zero-order valence-corrected chi connectivity index (χ0v) is 18.0. The molecule has 3 heterocycles. The molecule has 5 rings (SSSR count). The number of halogens is 1. The van der Waals surface area contributed by atoms with Gasteiger partial charge in [0.05, 0.1) is 21.7 Å². The van der Waals surface area contributed by atoms with Crippen LogP contribution in [0.1, 0.15) is 22.4 Å². The van der Waals surface area contributed by atoms with E-state index in [4.69, 9.17) is 0 Å². The topological polar surface area (TPSA) is 69.0 Å². The van der Waals surface area contributed by atoms with Gasteiger partial charge in [0.2, 0.25) is 0 Å². The second kappa shape index (κ2) is 6.64. The smallest absolute Gasteiger partial charge is 0.264 e. The predicted molar refractivity (Wildman–Crippen MR) is 118 cm³/mol. The lowest BCUT2D eigenvalue weighted by molar-refractivity contribution is 0.492. The summed E-state index contributed by atoms with van der Waals surface area (Å²) in [6.07, 6.45) is 3.63. The fourth-order valence-corrected chi connectivity index (χ4v) is 5.47. The van der Waals surface area contributed by atoms with E-state index in [1.165, 1.54) is 4.31 Å². The highest BCUT2D eigenvalue weighted by molar-refractivity contribution is 9.10. The van der Waals surface area contributed by atoms with Crippen LogP contribution in [0.3, 0.4) is 0 Å². The van der Waals surface area contributed by atoms with Gasteiger partial charge in [-0.05, 0) is 75.8 Å². The number of rotatable bonds is 3. The number of hydrogen-bond acceptors (Lipinski definition) is 2. The molecule has 0 atom stereocenters. The van der Waals surface area contributed by atoms with Crippen LogP contribution in [0.25, 0.3) is 16.5 Å². The van der Waals surface area contributed by atoms with Gasteiger partial charge in [-0.2, -0.15) is 0 Å². The molecule has 0 saturated carbocycles. The third-order valence-electron chi connectivity index (χ3n) is 5.23. The Bertz CT molecular complexity index is 1360. The lowest BCUT2D eigenvalue weighted by Crippen LogP contribution is -2.28. The molecule has 146 valence electrons. The van der Waals surface area contributed by atoms with E-state index in [1.54, 1.807) is 18.3 Å². The zero-order chi connectivity index (χ0) is 20.2. The van der Waals surface area contributed by atoms with Gasteiger partial charge < -0.3 is 9.97 Å². The van der Waals surface area contributed by atoms with Gasteiger partial charge >= 0.3 is 0 Å². The monoisotopic (exact) mass is 467 g/mol. The van der Waals surface area contributed by atoms with Gasteiger partial charge in [0.1, 0.15) is 0 Å². The number of aryl methyl sites for hydroxylation is 1. The number of nitrogens with zero attached hydrogens (tertiary/aromatic N) is 1. The van der Waals surface area contributed by atoms with Crippen LogP contribution in [0.2, 0.25) is 0 Å². The van der Waals surface area contributed by atoms with Crippen LogP contribution in [0, 0.1) is 6.92 Å². The quantitative estimate of drug-likeness (QED) is 0.436. The summed E-state index contributed by atoms with van der Waals surface area (Å²) in [5.74, 6) is 0. The Kier molecular flexibility index (Phi) is 4.18. The molecular weight excluding hydrogens is 450 g/mol. The number of sulfonamides is 1. The number of benzene rings is 2. The molecule has 0 bridgehead atoms. The van der Waals surface area contributed by atoms with Crippen LogP contribution in [0.15, 0.2) is 76.5 Å². The van der Waals surface area contributed by atoms with E-state index < -0.39 is 10.0 Å². The summed E-state index contributed by atoms with van der Waals surface area (Å²) in [7, 11) is -3.66. The van der Waals surface area contributed by atoms with Gasteiger partial charge in [-0.3, -0.25) is 4.31 Å². The minimum absolute atomic E-state index is 0.281. The van der Waals surface area contributed by atoms with Crippen LogP contribution >= 0.6 is 15.9 Å². The van der Waals surface area contributed by atoms with E-state index in [2.05, 4.69) is 32.0 Å². The summed E-state index contributed by atoms with van der Waals surface area (Å²) >= 11 is 3.49. The molecule has 29 heavy (non-hydrogen) atoms. The summed E-state index contributed by atoms with van der Waals surface area (Å²) in [4.78, 5) is 6.81. The average Bonchev–Trinajstić information content (AvgIpc) is 3.32. The van der Waals surface area contributed by atoms with E-state index in [0.29, 0.717) is 0 Å². The van der Waals surface area contributed by atoms with Crippen molar-refractivity contribution in [1.29, 1.82) is 0 Å². The molecule has 2 aromatic carbocycles. The molecule has 0 aliphatic carbocycles. The van der Waals surface area contributed by atoms with Crippen molar-refractivity contribution >= 4 is 42.4 Å². The standard InChI is InChI=1S/C22H18BrN3O2S/c1-14-2-5-18(6-3-14)29(27,28)26-12-17-11-21(23)25-22(17)19(13-26)15-4-7-20-16(10-15)8-9-24-20/h2-11,13,24-25H,12H2,1H3. The van der Waals surface area contributed by atoms with Crippen LogP contribution in [0.4, 0.5) is 0 Å². The number of H-pyrrole nitrogens is 2. The Balaban J connectivity index is 1.66. The first kappa shape index (κ1) is 18.3. The molecule has 0 radical (unpaired) electrons. The maximum Gasteiger partial charge on any atom is 0.264 e. The van der Waals surface area contributed by atoms with Crippen molar-refractivity contribution in [2.45, 2.75) is 18.4 Å². The first-order chi connectivity index (χ1) is 13.9. The molecule has 0 spiro atoms. The fraction of sp³-hybridized carbons (Fsp3) is 0.0909. The van der Waals surface area contributed by atoms with Crippen LogP contribution in [-0.4, -0.2) is 22.7 Å². The maximum absolute atomic E-state index is 13.3. The van der Waals surface area contributed by atoms with Crippen molar-refractivity contribution in [3.05, 3.63) is 94.0 Å². The number of fused-ring (bicyclic) bond motifs is 2. The van der Waals surface area contributed by atoms with Gasteiger partial charge in [0.25, 0.3) is 10.0 Å². The summed E-state index contributed by atoms with van der Waals surface area (Å²) in [5.41, 5.74) is 5.73. The Morgan fingerprint density at radius 1 is 1.03 bits per heavy atom. The normalized spacial score (nSPS) is 14.1. The van der Waals surface area contributed by atoms with Gasteiger partial charge in [0.15, 0.2) is 0 Å². The van der Waals surface area contributed by atoms with Crippen LogP contribution < -0.4 is 0 Å². The highest BCUT2D eigenvalue weighted by atomic mass is 79.9. The van der Waals surface area contributed by atoms with Crippen LogP contribution in [-0.2, 0) is 16.6 Å². The number of aromatic amines is 2. The molecule has 0 fully saturated rings. The summed E-state index contributed by atoms with van der Waals surface area (Å²) in [6, 6.07) is 17.0. The molecular formula is C22H18BrN3O2S. The van der Waals surface area contributed by atoms with Crippen molar-refractivity contribution in [3.63, 3.8) is 0 Å². The fourth-order valence-electron chi connectivity index (χ4n) is 3.69. The van der Waals surface area contributed by atoms with Gasteiger partial charge in [0, 0.05) is 23.5 Å². The summed E-state index contributed by atoms with van der Waals surface area (Å²) < 4.78 is 28.9. The van der Waals surface area contributed by atoms with Crippen molar-refractivity contribution in [3.8, 4) is 0 Å². The van der Waals surface area contributed by atoms with E-state index in [1.807, 2.05) is 49.5 Å². The van der Waals surface area contributed by atoms with E-state index >= 15 is 0 Å². The summed E-state index contributed by atoms with van der Waals surface area (Å²) in [6.45, 7) is 2.22. The molecule has 2 N–H and O–H groups in total. The molecule has 5 nitrogen and oxygen atoms in total.